The van der Waals surface area contributed by atoms with Crippen molar-refractivity contribution in [1.82, 2.24) is 10.2 Å². The second-order valence-corrected chi connectivity index (χ2v) is 5.75. The van der Waals surface area contributed by atoms with Crippen LogP contribution in [0.15, 0.2) is 24.3 Å². The molecule has 1 aromatic rings. The fourth-order valence-electron chi connectivity index (χ4n) is 2.34. The van der Waals surface area contributed by atoms with E-state index in [-0.39, 0.29) is 12.5 Å². The minimum absolute atomic E-state index is 0.121. The van der Waals surface area contributed by atoms with Crippen LogP contribution in [0, 0.1) is 0 Å². The Morgan fingerprint density at radius 3 is 2.67 bits per heavy atom. The van der Waals surface area contributed by atoms with Gasteiger partial charge in [0.05, 0.1) is 5.92 Å². The van der Waals surface area contributed by atoms with Gasteiger partial charge in [-0.3, -0.25) is 19.7 Å². The van der Waals surface area contributed by atoms with Crippen molar-refractivity contribution in [2.75, 3.05) is 12.3 Å². The predicted octanol–water partition coefficient (Wildman–Crippen LogP) is 0.636. The van der Waals surface area contributed by atoms with Gasteiger partial charge in [0, 0.05) is 5.69 Å². The molecule has 2 rings (SSSR count). The van der Waals surface area contributed by atoms with Gasteiger partial charge in [0.15, 0.2) is 0 Å². The zero-order valence-corrected chi connectivity index (χ0v) is 12.3. The van der Waals surface area contributed by atoms with Gasteiger partial charge in [-0.2, -0.15) is 0 Å². The van der Waals surface area contributed by atoms with Crippen LogP contribution in [-0.2, 0) is 14.4 Å². The summed E-state index contributed by atoms with van der Waals surface area (Å²) in [5.74, 6) is -1.68. The molecular formula is C15H19N3O3. The van der Waals surface area contributed by atoms with E-state index in [1.54, 1.807) is 45.0 Å². The number of piperazine rings is 1. The summed E-state index contributed by atoms with van der Waals surface area (Å²) in [5.41, 5.74) is 6.00. The van der Waals surface area contributed by atoms with E-state index in [2.05, 4.69) is 5.32 Å². The highest BCUT2D eigenvalue weighted by atomic mass is 16.2. The summed E-state index contributed by atoms with van der Waals surface area (Å²) in [5, 5.41) is 2.25. The van der Waals surface area contributed by atoms with Crippen LogP contribution in [0.5, 0.6) is 0 Å². The number of amides is 3. The lowest BCUT2D eigenvalue weighted by Crippen LogP contribution is -2.66. The number of imide groups is 1. The third kappa shape index (κ3) is 2.74. The number of nitrogens with two attached hydrogens (primary N) is 1. The number of rotatable bonds is 2. The number of anilines is 1. The Labute approximate surface area is 123 Å². The monoisotopic (exact) mass is 289 g/mol. The van der Waals surface area contributed by atoms with Gasteiger partial charge in [-0.1, -0.05) is 12.1 Å². The molecular weight excluding hydrogens is 270 g/mol. The number of nitrogen functional groups attached to an aromatic ring is 1. The molecule has 0 saturated carbocycles. The van der Waals surface area contributed by atoms with Gasteiger partial charge in [0.1, 0.15) is 12.1 Å². The van der Waals surface area contributed by atoms with Crippen molar-refractivity contribution in [3.05, 3.63) is 29.8 Å². The highest BCUT2D eigenvalue weighted by Gasteiger charge is 2.44. The largest absolute Gasteiger partial charge is 0.399 e. The normalized spacial score (nSPS) is 19.1. The molecule has 1 aliphatic rings. The lowest BCUT2D eigenvalue weighted by Gasteiger charge is -2.41. The summed E-state index contributed by atoms with van der Waals surface area (Å²) in [6, 6.07) is 7.04. The minimum Gasteiger partial charge on any atom is -0.399 e. The average Bonchev–Trinajstić information content (AvgIpc) is 2.41. The van der Waals surface area contributed by atoms with E-state index in [9.17, 15) is 14.4 Å². The number of carbonyl (C=O) groups excluding carboxylic acids is 3. The lowest BCUT2D eigenvalue weighted by molar-refractivity contribution is -0.156. The van der Waals surface area contributed by atoms with Crippen LogP contribution >= 0.6 is 0 Å². The summed E-state index contributed by atoms with van der Waals surface area (Å²) in [6.07, 6.45) is 0. The molecule has 1 saturated heterocycles. The molecule has 0 aromatic heterocycles. The van der Waals surface area contributed by atoms with Crippen LogP contribution < -0.4 is 11.1 Å². The Bertz CT molecular complexity index is 610. The Morgan fingerprint density at radius 2 is 2.05 bits per heavy atom. The summed E-state index contributed by atoms with van der Waals surface area (Å²) in [7, 11) is 0. The van der Waals surface area contributed by atoms with Crippen LogP contribution in [-0.4, -0.2) is 34.7 Å². The zero-order valence-electron chi connectivity index (χ0n) is 12.3. The maximum absolute atomic E-state index is 12.7. The summed E-state index contributed by atoms with van der Waals surface area (Å²) in [6.45, 7) is 4.87. The maximum atomic E-state index is 12.7. The third-order valence-electron chi connectivity index (χ3n) is 3.83. The molecule has 1 heterocycles. The molecule has 0 radical (unpaired) electrons. The summed E-state index contributed by atoms with van der Waals surface area (Å²) < 4.78 is 0. The Balaban J connectivity index is 2.29. The molecule has 1 aliphatic heterocycles. The number of benzene rings is 1. The average molecular weight is 289 g/mol. The molecule has 1 aromatic carbocycles. The van der Waals surface area contributed by atoms with Gasteiger partial charge >= 0.3 is 0 Å². The maximum Gasteiger partial charge on any atom is 0.252 e. The number of hydrogen-bond donors (Lipinski definition) is 2. The van der Waals surface area contributed by atoms with E-state index < -0.39 is 23.3 Å². The van der Waals surface area contributed by atoms with Crippen molar-refractivity contribution < 1.29 is 14.4 Å². The highest BCUT2D eigenvalue weighted by Crippen LogP contribution is 2.26. The number of carbonyl (C=O) groups is 3. The van der Waals surface area contributed by atoms with E-state index in [1.165, 1.54) is 4.90 Å². The second kappa shape index (κ2) is 5.20. The molecule has 112 valence electrons. The molecule has 0 bridgehead atoms. The van der Waals surface area contributed by atoms with Crippen LogP contribution in [0.4, 0.5) is 5.69 Å². The fourth-order valence-corrected chi connectivity index (χ4v) is 2.34. The van der Waals surface area contributed by atoms with Crippen LogP contribution in [0.25, 0.3) is 0 Å². The van der Waals surface area contributed by atoms with Crippen molar-refractivity contribution in [2.45, 2.75) is 32.2 Å². The lowest BCUT2D eigenvalue weighted by atomic mass is 9.93. The quantitative estimate of drug-likeness (QED) is 0.617. The summed E-state index contributed by atoms with van der Waals surface area (Å²) in [4.78, 5) is 37.4. The molecule has 1 fully saturated rings. The minimum atomic E-state index is -1.06. The van der Waals surface area contributed by atoms with E-state index in [1.807, 2.05) is 0 Å². The third-order valence-corrected chi connectivity index (χ3v) is 3.83. The first kappa shape index (κ1) is 15.0. The smallest absolute Gasteiger partial charge is 0.252 e. The van der Waals surface area contributed by atoms with Gasteiger partial charge < -0.3 is 10.6 Å². The molecule has 0 aliphatic carbocycles. The van der Waals surface area contributed by atoms with Gasteiger partial charge in [-0.25, -0.2) is 0 Å². The van der Waals surface area contributed by atoms with Crippen LogP contribution in [0.2, 0.25) is 0 Å². The van der Waals surface area contributed by atoms with Gasteiger partial charge in [-0.05, 0) is 38.5 Å². The van der Waals surface area contributed by atoms with E-state index in [4.69, 9.17) is 5.73 Å². The molecule has 21 heavy (non-hydrogen) atoms. The van der Waals surface area contributed by atoms with Crippen molar-refractivity contribution in [2.24, 2.45) is 0 Å². The predicted molar refractivity (Wildman–Crippen MR) is 78.2 cm³/mol. The molecule has 3 N–H and O–H groups in total. The SMILES string of the molecule is CC(C(=O)N1CC(=O)NC(=O)C1(C)C)c1cccc(N)c1. The van der Waals surface area contributed by atoms with Crippen molar-refractivity contribution in [1.29, 1.82) is 0 Å². The van der Waals surface area contributed by atoms with Gasteiger partial charge in [-0.15, -0.1) is 0 Å². The molecule has 1 unspecified atom stereocenters. The van der Waals surface area contributed by atoms with E-state index in [0.29, 0.717) is 5.69 Å². The number of hydrogen-bond acceptors (Lipinski definition) is 4. The van der Waals surface area contributed by atoms with Crippen molar-refractivity contribution >= 4 is 23.4 Å². The first-order valence-corrected chi connectivity index (χ1v) is 6.74. The Kier molecular flexibility index (Phi) is 3.72. The van der Waals surface area contributed by atoms with Crippen LogP contribution in [0.3, 0.4) is 0 Å². The topological polar surface area (TPSA) is 92.5 Å². The number of nitrogens with one attached hydrogen (secondary N) is 1. The molecule has 3 amide bonds. The second-order valence-electron chi connectivity index (χ2n) is 5.75. The van der Waals surface area contributed by atoms with Crippen LogP contribution in [0.1, 0.15) is 32.3 Å². The number of nitrogens with zero attached hydrogens (tertiary/aromatic N) is 1. The van der Waals surface area contributed by atoms with Crippen molar-refractivity contribution in [3.63, 3.8) is 0 Å². The van der Waals surface area contributed by atoms with E-state index in [0.717, 1.165) is 5.56 Å². The summed E-state index contributed by atoms with van der Waals surface area (Å²) >= 11 is 0. The molecule has 6 nitrogen and oxygen atoms in total. The zero-order chi connectivity index (χ0) is 15.8. The first-order chi connectivity index (χ1) is 9.73. The van der Waals surface area contributed by atoms with E-state index >= 15 is 0 Å². The fraction of sp³-hybridized carbons (Fsp3) is 0.400. The molecule has 0 spiro atoms. The molecule has 6 heteroatoms. The Hall–Kier alpha value is -2.37. The van der Waals surface area contributed by atoms with Gasteiger partial charge in [0.2, 0.25) is 11.8 Å². The standard InChI is InChI=1S/C15H19N3O3/c1-9(10-5-4-6-11(16)7-10)13(20)18-8-12(19)17-14(21)15(18,2)3/h4-7,9H,8,16H2,1-3H3,(H,17,19,21). The van der Waals surface area contributed by atoms with Crippen molar-refractivity contribution in [3.8, 4) is 0 Å². The van der Waals surface area contributed by atoms with Gasteiger partial charge in [0.25, 0.3) is 5.91 Å². The highest BCUT2D eigenvalue weighted by molar-refractivity contribution is 6.06. The first-order valence-electron chi connectivity index (χ1n) is 6.74. The molecule has 1 atom stereocenters. The Morgan fingerprint density at radius 1 is 1.38 bits per heavy atom.